The van der Waals surface area contributed by atoms with Crippen LogP contribution in [0.4, 0.5) is 0 Å². The normalized spacial score (nSPS) is 25.6. The van der Waals surface area contributed by atoms with Crippen LogP contribution in [0.5, 0.6) is 0 Å². The van der Waals surface area contributed by atoms with Gasteiger partial charge in [0, 0.05) is 11.6 Å². The van der Waals surface area contributed by atoms with Crippen molar-refractivity contribution in [3.63, 3.8) is 0 Å². The molecule has 4 atom stereocenters. The minimum absolute atomic E-state index is 0. The van der Waals surface area contributed by atoms with E-state index in [1.165, 1.54) is 29.1 Å². The molecule has 154 valence electrons. The van der Waals surface area contributed by atoms with Gasteiger partial charge in [0.05, 0.1) is 6.61 Å². The van der Waals surface area contributed by atoms with Crippen LogP contribution in [0.3, 0.4) is 0 Å². The van der Waals surface area contributed by atoms with E-state index in [1.54, 1.807) is 0 Å². The van der Waals surface area contributed by atoms with Crippen molar-refractivity contribution in [3.8, 4) is 0 Å². The second-order valence-electron chi connectivity index (χ2n) is 7.04. The van der Waals surface area contributed by atoms with Gasteiger partial charge in [-0.15, -0.1) is 0 Å². The van der Waals surface area contributed by atoms with Crippen LogP contribution >= 0.6 is 7.82 Å². The van der Waals surface area contributed by atoms with Gasteiger partial charge in [-0.25, -0.2) is 9.36 Å². The summed E-state index contributed by atoms with van der Waals surface area (Å²) in [6.07, 6.45) is -2.51. The van der Waals surface area contributed by atoms with Crippen LogP contribution in [0.15, 0.2) is 24.5 Å². The van der Waals surface area contributed by atoms with Gasteiger partial charge in [0.2, 0.25) is 0 Å². The van der Waals surface area contributed by atoms with Crippen LogP contribution in [-0.2, 0) is 13.8 Å². The highest BCUT2D eigenvalue weighted by Crippen LogP contribution is 2.37. The van der Waals surface area contributed by atoms with Gasteiger partial charge in [-0.05, 0) is 26.8 Å². The molecule has 12 heteroatoms. The number of hydrogen-bond donors (Lipinski definition) is 6. The summed E-state index contributed by atoms with van der Waals surface area (Å²) < 4.78 is 21.4. The van der Waals surface area contributed by atoms with Crippen LogP contribution in [0.2, 0.25) is 0 Å². The molecule has 0 spiro atoms. The van der Waals surface area contributed by atoms with Crippen LogP contribution in [0.25, 0.3) is 0 Å². The summed E-state index contributed by atoms with van der Waals surface area (Å²) in [4.78, 5) is 28.2. The number of carboxylic acids is 1. The fourth-order valence-corrected chi connectivity index (χ4v) is 2.40. The number of carbonyl (C=O) groups is 1. The number of rotatable bonds is 5. The van der Waals surface area contributed by atoms with E-state index in [0.29, 0.717) is 0 Å². The molecule has 1 saturated heterocycles. The highest BCUT2D eigenvalue weighted by Gasteiger charge is 2.48. The van der Waals surface area contributed by atoms with Gasteiger partial charge in [-0.3, -0.25) is 4.52 Å². The highest BCUT2D eigenvalue weighted by molar-refractivity contribution is 7.46. The summed E-state index contributed by atoms with van der Waals surface area (Å²) in [6, 6.07) is 2.76. The summed E-state index contributed by atoms with van der Waals surface area (Å²) in [5.74, 6) is -1.18. The third kappa shape index (κ3) is 8.41. The summed E-state index contributed by atoms with van der Waals surface area (Å²) in [7, 11) is -4.73. The standard InChI is InChI=1S/C11H14NO9P.C4H11N/c13-8-7(5-20-22(17,18)19)21-10(9(8)14)12-3-1-2-6(4-12)11(15)16;1-4(2,3)5/h1-4,7-10,13-14H,5H2,(H2-,15,16,17,18,19);5H2,1-3H3/p+1/t7-,8-,9-,10-;/m1./s1. The van der Waals surface area contributed by atoms with E-state index in [2.05, 4.69) is 4.52 Å². The molecule has 1 aliphatic heterocycles. The minimum Gasteiger partial charge on any atom is -0.477 e. The number of aliphatic hydroxyl groups excluding tert-OH is 2. The molecule has 0 bridgehead atoms. The van der Waals surface area contributed by atoms with Crippen molar-refractivity contribution in [1.29, 1.82) is 0 Å². The van der Waals surface area contributed by atoms with E-state index in [4.69, 9.17) is 25.4 Å². The molecular formula is C15H26N2O9P+. The average molecular weight is 409 g/mol. The first-order valence-electron chi connectivity index (χ1n) is 7.93. The lowest BCUT2D eigenvalue weighted by molar-refractivity contribution is -0.765. The summed E-state index contributed by atoms with van der Waals surface area (Å²) in [5, 5.41) is 28.7. The van der Waals surface area contributed by atoms with Crippen molar-refractivity contribution in [2.24, 2.45) is 5.73 Å². The fraction of sp³-hybridized carbons (Fsp3) is 0.600. The molecule has 11 nitrogen and oxygen atoms in total. The smallest absolute Gasteiger partial charge is 0.469 e. The zero-order valence-electron chi connectivity index (χ0n) is 15.2. The van der Waals surface area contributed by atoms with Crippen LogP contribution in [0, 0.1) is 0 Å². The molecule has 0 aliphatic carbocycles. The Kier molecular flexibility index (Phi) is 8.02. The molecular weight excluding hydrogens is 383 g/mol. The van der Waals surface area contributed by atoms with Crippen molar-refractivity contribution < 1.29 is 48.3 Å². The van der Waals surface area contributed by atoms with Crippen molar-refractivity contribution in [1.82, 2.24) is 0 Å². The van der Waals surface area contributed by atoms with Gasteiger partial charge in [0.15, 0.2) is 18.5 Å². The van der Waals surface area contributed by atoms with Gasteiger partial charge in [-0.1, -0.05) is 0 Å². The number of aromatic carboxylic acids is 1. The lowest BCUT2D eigenvalue weighted by atomic mass is 10.1. The number of pyridine rings is 1. The number of nitrogens with zero attached hydrogens (tertiary/aromatic N) is 1. The number of phosphoric acid groups is 1. The van der Waals surface area contributed by atoms with Crippen LogP contribution in [0.1, 0.15) is 37.4 Å². The Morgan fingerprint density at radius 3 is 2.37 bits per heavy atom. The van der Waals surface area contributed by atoms with Crippen molar-refractivity contribution in [2.75, 3.05) is 6.61 Å². The predicted octanol–water partition coefficient (Wildman–Crippen LogP) is -0.856. The number of phosphoric ester groups is 1. The van der Waals surface area contributed by atoms with Crippen molar-refractivity contribution in [2.45, 2.75) is 50.8 Å². The van der Waals surface area contributed by atoms with E-state index in [1.807, 2.05) is 20.8 Å². The zero-order chi connectivity index (χ0) is 21.0. The van der Waals surface area contributed by atoms with E-state index in [0.717, 1.165) is 0 Å². The summed E-state index contributed by atoms with van der Waals surface area (Å²) >= 11 is 0. The first-order chi connectivity index (χ1) is 12.2. The number of carboxylic acid groups (broad SMARTS) is 1. The summed E-state index contributed by atoms with van der Waals surface area (Å²) in [6.45, 7) is 5.27. The van der Waals surface area contributed by atoms with Crippen LogP contribution in [-0.4, -0.2) is 61.5 Å². The lowest BCUT2D eigenvalue weighted by Gasteiger charge is -2.13. The molecule has 27 heavy (non-hydrogen) atoms. The number of hydrogen-bond acceptors (Lipinski definition) is 7. The monoisotopic (exact) mass is 409 g/mol. The Balaban J connectivity index is 0.000000646. The number of aromatic nitrogens is 1. The SMILES string of the molecule is CC(C)(C)N.O=C(O)c1ccc[n+]([C@@H]2O[C@H](COP(=O)(O)O)[C@@H](O)[C@H]2O)c1. The first kappa shape index (κ1) is 23.6. The molecule has 0 saturated carbocycles. The van der Waals surface area contributed by atoms with Crippen molar-refractivity contribution >= 4 is 13.8 Å². The average Bonchev–Trinajstić information content (AvgIpc) is 2.79. The molecule has 2 rings (SSSR count). The Bertz CT molecular complexity index is 682. The van der Waals surface area contributed by atoms with E-state index in [9.17, 15) is 19.6 Å². The molecule has 0 aromatic carbocycles. The third-order valence-electron chi connectivity index (χ3n) is 3.11. The van der Waals surface area contributed by atoms with E-state index < -0.39 is 44.9 Å². The van der Waals surface area contributed by atoms with E-state index >= 15 is 0 Å². The van der Waals surface area contributed by atoms with Crippen molar-refractivity contribution in [3.05, 3.63) is 30.1 Å². The van der Waals surface area contributed by atoms with Gasteiger partial charge < -0.3 is 35.6 Å². The maximum absolute atomic E-state index is 10.9. The third-order valence-corrected chi connectivity index (χ3v) is 3.59. The highest BCUT2D eigenvalue weighted by atomic mass is 31.2. The largest absolute Gasteiger partial charge is 0.477 e. The molecule has 0 amide bonds. The first-order valence-corrected chi connectivity index (χ1v) is 9.47. The van der Waals surface area contributed by atoms with Gasteiger partial charge >= 0.3 is 13.8 Å². The van der Waals surface area contributed by atoms with Crippen LogP contribution < -0.4 is 10.3 Å². The Morgan fingerprint density at radius 1 is 1.33 bits per heavy atom. The molecule has 1 aliphatic rings. The second-order valence-corrected chi connectivity index (χ2v) is 8.28. The molecule has 1 fully saturated rings. The molecule has 0 radical (unpaired) electrons. The quantitative estimate of drug-likeness (QED) is 0.264. The fourth-order valence-electron chi connectivity index (χ4n) is 2.06. The molecule has 1 aromatic rings. The van der Waals surface area contributed by atoms with Gasteiger partial charge in [0.25, 0.3) is 6.23 Å². The second kappa shape index (κ2) is 9.18. The number of nitrogens with two attached hydrogens (primary N) is 1. The number of ether oxygens (including phenoxy) is 1. The van der Waals surface area contributed by atoms with Gasteiger partial charge in [-0.2, -0.15) is 4.57 Å². The molecule has 0 unspecified atom stereocenters. The zero-order valence-corrected chi connectivity index (χ0v) is 16.1. The lowest BCUT2D eigenvalue weighted by Crippen LogP contribution is -2.46. The maximum Gasteiger partial charge on any atom is 0.469 e. The Labute approximate surface area is 156 Å². The molecule has 2 heterocycles. The topological polar surface area (TPSA) is 184 Å². The maximum atomic E-state index is 10.9. The predicted molar refractivity (Wildman–Crippen MR) is 91.5 cm³/mol. The van der Waals surface area contributed by atoms with Gasteiger partial charge in [0.1, 0.15) is 17.8 Å². The Morgan fingerprint density at radius 2 is 1.89 bits per heavy atom. The number of aliphatic hydroxyl groups is 2. The van der Waals surface area contributed by atoms with E-state index in [-0.39, 0.29) is 11.1 Å². The molecule has 1 aromatic heterocycles. The minimum atomic E-state index is -4.73. The molecule has 7 N–H and O–H groups in total. The summed E-state index contributed by atoms with van der Waals surface area (Å²) in [5.41, 5.74) is 5.30. The Hall–Kier alpha value is -1.43.